The van der Waals surface area contributed by atoms with Crippen molar-refractivity contribution in [3.05, 3.63) is 28.5 Å². The van der Waals surface area contributed by atoms with Crippen LogP contribution < -0.4 is 11.1 Å². The molecule has 0 unspecified atom stereocenters. The van der Waals surface area contributed by atoms with Crippen LogP contribution in [0.1, 0.15) is 36.2 Å². The molecule has 102 valence electrons. The van der Waals surface area contributed by atoms with Crippen LogP contribution in [0, 0.1) is 5.92 Å². The Labute approximate surface area is 120 Å². The molecule has 0 saturated heterocycles. The van der Waals surface area contributed by atoms with Crippen LogP contribution in [0.5, 0.6) is 0 Å². The van der Waals surface area contributed by atoms with Gasteiger partial charge in [-0.05, 0) is 53.7 Å². The third-order valence-electron chi connectivity index (χ3n) is 3.41. The third-order valence-corrected chi connectivity index (χ3v) is 3.85. The summed E-state index contributed by atoms with van der Waals surface area (Å²) < 4.78 is 0.637. The molecule has 1 saturated carbocycles. The van der Waals surface area contributed by atoms with Crippen LogP contribution in [-0.4, -0.2) is 22.8 Å². The number of primary amides is 1. The predicted octanol–water partition coefficient (Wildman–Crippen LogP) is 1.62. The number of halogens is 1. The summed E-state index contributed by atoms with van der Waals surface area (Å²) >= 11 is 3.24. The van der Waals surface area contributed by atoms with E-state index in [-0.39, 0.29) is 23.8 Å². The van der Waals surface area contributed by atoms with Crippen molar-refractivity contribution >= 4 is 27.7 Å². The van der Waals surface area contributed by atoms with Crippen molar-refractivity contribution in [2.75, 3.05) is 0 Å². The molecule has 3 N–H and O–H groups in total. The van der Waals surface area contributed by atoms with Gasteiger partial charge in [-0.25, -0.2) is 4.98 Å². The van der Waals surface area contributed by atoms with Gasteiger partial charge in [0.25, 0.3) is 5.91 Å². The maximum Gasteiger partial charge on any atom is 0.270 e. The smallest absolute Gasteiger partial charge is 0.270 e. The van der Waals surface area contributed by atoms with Crippen LogP contribution in [0.25, 0.3) is 0 Å². The first-order valence-corrected chi connectivity index (χ1v) is 7.08. The molecule has 1 aliphatic carbocycles. The van der Waals surface area contributed by atoms with E-state index < -0.39 is 0 Å². The van der Waals surface area contributed by atoms with Gasteiger partial charge in [0.15, 0.2) is 0 Å². The molecular weight excluding hydrogens is 310 g/mol. The van der Waals surface area contributed by atoms with E-state index in [4.69, 9.17) is 5.73 Å². The molecule has 1 fully saturated rings. The van der Waals surface area contributed by atoms with Crippen LogP contribution in [0.3, 0.4) is 0 Å². The lowest BCUT2D eigenvalue weighted by molar-refractivity contribution is -0.122. The Morgan fingerprint density at radius 1 is 1.26 bits per heavy atom. The van der Waals surface area contributed by atoms with Crippen molar-refractivity contribution < 1.29 is 9.59 Å². The molecule has 1 heterocycles. The molecule has 0 spiro atoms. The highest BCUT2D eigenvalue weighted by Crippen LogP contribution is 2.24. The summed E-state index contributed by atoms with van der Waals surface area (Å²) in [5, 5.41) is 2.95. The van der Waals surface area contributed by atoms with Gasteiger partial charge >= 0.3 is 0 Å². The number of nitrogens with one attached hydrogen (secondary N) is 1. The normalized spacial score (nSPS) is 22.8. The number of hydrogen-bond donors (Lipinski definition) is 2. The Kier molecular flexibility index (Phi) is 4.52. The van der Waals surface area contributed by atoms with Crippen molar-refractivity contribution in [3.63, 3.8) is 0 Å². The lowest BCUT2D eigenvalue weighted by atomic mass is 9.85. The summed E-state index contributed by atoms with van der Waals surface area (Å²) in [5.74, 6) is -0.459. The second-order valence-corrected chi connectivity index (χ2v) is 5.58. The van der Waals surface area contributed by atoms with Gasteiger partial charge < -0.3 is 11.1 Å². The number of nitrogens with two attached hydrogens (primary N) is 1. The van der Waals surface area contributed by atoms with Gasteiger partial charge in [-0.2, -0.15) is 0 Å². The van der Waals surface area contributed by atoms with Crippen molar-refractivity contribution in [2.45, 2.75) is 31.7 Å². The summed E-state index contributed by atoms with van der Waals surface area (Å²) in [4.78, 5) is 27.2. The van der Waals surface area contributed by atoms with Gasteiger partial charge in [0.05, 0.1) is 0 Å². The zero-order chi connectivity index (χ0) is 13.8. The van der Waals surface area contributed by atoms with Crippen molar-refractivity contribution in [2.24, 2.45) is 11.7 Å². The largest absolute Gasteiger partial charge is 0.369 e. The topological polar surface area (TPSA) is 85.1 Å². The van der Waals surface area contributed by atoms with E-state index in [1.165, 1.54) is 0 Å². The Hall–Kier alpha value is -1.43. The summed E-state index contributed by atoms with van der Waals surface area (Å²) in [5.41, 5.74) is 5.67. The molecule has 0 atom stereocenters. The van der Waals surface area contributed by atoms with E-state index in [1.807, 2.05) is 0 Å². The molecule has 2 amide bonds. The molecule has 2 rings (SSSR count). The standard InChI is InChI=1S/C13H16BrN3O2/c14-11-3-1-2-10(17-11)13(19)16-9-6-4-8(5-7-9)12(15)18/h1-3,8-9H,4-7H2,(H2,15,18)(H,16,19). The third kappa shape index (κ3) is 3.76. The molecule has 5 nitrogen and oxygen atoms in total. The molecule has 6 heteroatoms. The van der Waals surface area contributed by atoms with Gasteiger partial charge in [-0.1, -0.05) is 6.07 Å². The van der Waals surface area contributed by atoms with Crippen molar-refractivity contribution in [3.8, 4) is 0 Å². The van der Waals surface area contributed by atoms with Crippen LogP contribution >= 0.6 is 15.9 Å². The lowest BCUT2D eigenvalue weighted by Crippen LogP contribution is -2.40. The highest BCUT2D eigenvalue weighted by atomic mass is 79.9. The second-order valence-electron chi connectivity index (χ2n) is 4.77. The number of nitrogens with zero attached hydrogens (tertiary/aromatic N) is 1. The minimum atomic E-state index is -0.238. The maximum atomic E-state index is 12.0. The highest BCUT2D eigenvalue weighted by Gasteiger charge is 2.25. The lowest BCUT2D eigenvalue weighted by Gasteiger charge is -2.27. The SMILES string of the molecule is NC(=O)C1CCC(NC(=O)c2cccc(Br)n2)CC1. The number of hydrogen-bond acceptors (Lipinski definition) is 3. The van der Waals surface area contributed by atoms with Gasteiger partial charge in [-0.3, -0.25) is 9.59 Å². The number of rotatable bonds is 3. The van der Waals surface area contributed by atoms with E-state index in [1.54, 1.807) is 18.2 Å². The summed E-state index contributed by atoms with van der Waals surface area (Å²) in [6.45, 7) is 0. The Balaban J connectivity index is 1.89. The summed E-state index contributed by atoms with van der Waals surface area (Å²) in [6.07, 6.45) is 3.05. The highest BCUT2D eigenvalue weighted by molar-refractivity contribution is 9.10. The van der Waals surface area contributed by atoms with E-state index in [9.17, 15) is 9.59 Å². The summed E-state index contributed by atoms with van der Waals surface area (Å²) in [6, 6.07) is 5.32. The van der Waals surface area contributed by atoms with Gasteiger partial charge in [0.2, 0.25) is 5.91 Å². The van der Waals surface area contributed by atoms with Gasteiger partial charge in [0.1, 0.15) is 10.3 Å². The minimum Gasteiger partial charge on any atom is -0.369 e. The average Bonchev–Trinajstić information content (AvgIpc) is 2.39. The Morgan fingerprint density at radius 2 is 1.95 bits per heavy atom. The van der Waals surface area contributed by atoms with Crippen LogP contribution in [0.2, 0.25) is 0 Å². The van der Waals surface area contributed by atoms with Crippen LogP contribution in [-0.2, 0) is 4.79 Å². The van der Waals surface area contributed by atoms with Crippen molar-refractivity contribution in [1.82, 2.24) is 10.3 Å². The van der Waals surface area contributed by atoms with Crippen molar-refractivity contribution in [1.29, 1.82) is 0 Å². The molecule has 0 bridgehead atoms. The van der Waals surface area contributed by atoms with E-state index in [0.29, 0.717) is 10.3 Å². The first-order chi connectivity index (χ1) is 9.06. The zero-order valence-corrected chi connectivity index (χ0v) is 12.0. The molecule has 1 aliphatic rings. The summed E-state index contributed by atoms with van der Waals surface area (Å²) in [7, 11) is 0. The zero-order valence-electron chi connectivity index (χ0n) is 10.4. The molecule has 0 aliphatic heterocycles. The second kappa shape index (κ2) is 6.14. The molecular formula is C13H16BrN3O2. The minimum absolute atomic E-state index is 0.0443. The molecule has 0 aromatic carbocycles. The maximum absolute atomic E-state index is 12.0. The fourth-order valence-corrected chi connectivity index (χ4v) is 2.66. The number of carbonyl (C=O) groups excluding carboxylic acids is 2. The van der Waals surface area contributed by atoms with E-state index in [2.05, 4.69) is 26.2 Å². The van der Waals surface area contributed by atoms with E-state index in [0.717, 1.165) is 25.7 Å². The number of carbonyl (C=O) groups is 2. The average molecular weight is 326 g/mol. The van der Waals surface area contributed by atoms with E-state index >= 15 is 0 Å². The fourth-order valence-electron chi connectivity index (χ4n) is 2.32. The number of pyridine rings is 1. The predicted molar refractivity (Wildman–Crippen MR) is 74.3 cm³/mol. The number of amides is 2. The molecule has 0 radical (unpaired) electrons. The van der Waals surface area contributed by atoms with Crippen LogP contribution in [0.15, 0.2) is 22.8 Å². The van der Waals surface area contributed by atoms with Gasteiger partial charge in [0, 0.05) is 12.0 Å². The molecule has 1 aromatic heterocycles. The quantitative estimate of drug-likeness (QED) is 0.828. The first kappa shape index (κ1) is 14.0. The monoisotopic (exact) mass is 325 g/mol. The van der Waals surface area contributed by atoms with Gasteiger partial charge in [-0.15, -0.1) is 0 Å². The fraction of sp³-hybridized carbons (Fsp3) is 0.462. The first-order valence-electron chi connectivity index (χ1n) is 6.29. The molecule has 19 heavy (non-hydrogen) atoms. The van der Waals surface area contributed by atoms with Crippen LogP contribution in [0.4, 0.5) is 0 Å². The Morgan fingerprint density at radius 3 is 2.53 bits per heavy atom. The molecule has 1 aromatic rings. The number of aromatic nitrogens is 1. The Bertz CT molecular complexity index is 485.